The van der Waals surface area contributed by atoms with Crippen LogP contribution in [0.25, 0.3) is 0 Å². The van der Waals surface area contributed by atoms with Crippen LogP contribution in [0.3, 0.4) is 0 Å². The fourth-order valence-corrected chi connectivity index (χ4v) is 4.98. The first-order chi connectivity index (χ1) is 15.2. The van der Waals surface area contributed by atoms with Crippen molar-refractivity contribution >= 4 is 27.5 Å². The molecule has 0 radical (unpaired) electrons. The van der Waals surface area contributed by atoms with Crippen LogP contribution >= 0.6 is 0 Å². The first-order valence-corrected chi connectivity index (χ1v) is 11.9. The zero-order chi connectivity index (χ0) is 23.3. The number of methoxy groups -OCH3 is 1. The largest absolute Gasteiger partial charge is 0.496 e. The van der Waals surface area contributed by atoms with Gasteiger partial charge in [-0.05, 0) is 62.2 Å². The second-order valence-electron chi connectivity index (χ2n) is 8.05. The number of aliphatic imine (C=N–C) groups is 1. The Kier molecular flexibility index (Phi) is 7.52. The number of benzene rings is 2. The Morgan fingerprint density at radius 2 is 1.91 bits per heavy atom. The highest BCUT2D eigenvalue weighted by Gasteiger charge is 2.19. The molecule has 0 unspecified atom stereocenters. The van der Waals surface area contributed by atoms with E-state index in [-0.39, 0.29) is 17.3 Å². The number of sulfonamides is 1. The second-order valence-corrected chi connectivity index (χ2v) is 9.73. The normalized spacial score (nSPS) is 13.7. The maximum Gasteiger partial charge on any atom is 0.262 e. The zero-order valence-electron chi connectivity index (χ0n) is 18.9. The van der Waals surface area contributed by atoms with Crippen LogP contribution in [0.5, 0.6) is 5.75 Å². The number of likely N-dealkylation sites (N-methyl/N-ethyl adjacent to an activating group) is 1. The Bertz CT molecular complexity index is 1110. The molecule has 0 saturated carbocycles. The van der Waals surface area contributed by atoms with Crippen LogP contribution in [-0.4, -0.2) is 52.3 Å². The van der Waals surface area contributed by atoms with E-state index in [1.165, 1.54) is 12.1 Å². The topological polar surface area (TPSA) is 100 Å². The third-order valence-corrected chi connectivity index (χ3v) is 6.52. The van der Waals surface area contributed by atoms with Gasteiger partial charge in [-0.3, -0.25) is 19.4 Å². The Hall–Kier alpha value is -2.91. The molecule has 2 aromatic rings. The molecule has 3 rings (SSSR count). The third kappa shape index (κ3) is 6.08. The van der Waals surface area contributed by atoms with E-state index in [0.29, 0.717) is 31.0 Å². The van der Waals surface area contributed by atoms with Gasteiger partial charge >= 0.3 is 0 Å². The van der Waals surface area contributed by atoms with Crippen molar-refractivity contribution in [2.75, 3.05) is 32.6 Å². The molecule has 2 aromatic carbocycles. The SMILES string of the molecule is COc1c(C)cc(CN(C)CC(=O)Nc2cccc(S(=O)(=O)NC3=NCCC3)c2)cc1C. The lowest BCUT2D eigenvalue weighted by Gasteiger charge is -2.18. The third-order valence-electron chi connectivity index (χ3n) is 5.14. The van der Waals surface area contributed by atoms with E-state index in [9.17, 15) is 13.2 Å². The summed E-state index contributed by atoms with van der Waals surface area (Å²) in [6.07, 6.45) is 1.46. The number of hydrogen-bond acceptors (Lipinski definition) is 6. The van der Waals surface area contributed by atoms with Gasteiger partial charge in [0, 0.05) is 25.2 Å². The summed E-state index contributed by atoms with van der Waals surface area (Å²) in [5, 5.41) is 2.78. The van der Waals surface area contributed by atoms with Crippen LogP contribution < -0.4 is 14.8 Å². The van der Waals surface area contributed by atoms with Gasteiger partial charge in [0.15, 0.2) is 0 Å². The van der Waals surface area contributed by atoms with Crippen molar-refractivity contribution in [3.8, 4) is 5.75 Å². The van der Waals surface area contributed by atoms with Crippen molar-refractivity contribution < 1.29 is 17.9 Å². The highest BCUT2D eigenvalue weighted by Crippen LogP contribution is 2.25. The Morgan fingerprint density at radius 3 is 2.53 bits per heavy atom. The quantitative estimate of drug-likeness (QED) is 0.634. The molecule has 1 aliphatic heterocycles. The van der Waals surface area contributed by atoms with Gasteiger partial charge < -0.3 is 10.1 Å². The van der Waals surface area contributed by atoms with E-state index in [0.717, 1.165) is 28.9 Å². The molecule has 0 saturated heterocycles. The van der Waals surface area contributed by atoms with Crippen LogP contribution in [0.2, 0.25) is 0 Å². The van der Waals surface area contributed by atoms with Crippen molar-refractivity contribution in [3.05, 3.63) is 53.1 Å². The van der Waals surface area contributed by atoms with Gasteiger partial charge in [0.2, 0.25) is 5.91 Å². The van der Waals surface area contributed by atoms with E-state index in [1.807, 2.05) is 25.8 Å². The summed E-state index contributed by atoms with van der Waals surface area (Å²) in [6, 6.07) is 10.3. The van der Waals surface area contributed by atoms with Crippen LogP contribution in [0.15, 0.2) is 46.3 Å². The first kappa shape index (κ1) is 23.7. The number of hydrogen-bond donors (Lipinski definition) is 2. The molecule has 1 amide bonds. The number of amides is 1. The summed E-state index contributed by atoms with van der Waals surface area (Å²) in [7, 11) is -0.212. The van der Waals surface area contributed by atoms with Gasteiger partial charge in [0.05, 0.1) is 18.6 Å². The van der Waals surface area contributed by atoms with E-state index in [2.05, 4.69) is 27.2 Å². The van der Waals surface area contributed by atoms with E-state index < -0.39 is 10.0 Å². The molecule has 0 fully saturated rings. The van der Waals surface area contributed by atoms with Crippen LogP contribution in [-0.2, 0) is 21.4 Å². The molecule has 0 bridgehead atoms. The summed E-state index contributed by atoms with van der Waals surface area (Å²) in [6.45, 7) is 5.39. The van der Waals surface area contributed by atoms with E-state index >= 15 is 0 Å². The number of rotatable bonds is 8. The molecule has 172 valence electrons. The predicted molar refractivity (Wildman–Crippen MR) is 126 cm³/mol. The molecule has 9 heteroatoms. The van der Waals surface area contributed by atoms with Gasteiger partial charge in [0.1, 0.15) is 11.6 Å². The maximum absolute atomic E-state index is 12.6. The van der Waals surface area contributed by atoms with Crippen molar-refractivity contribution in [3.63, 3.8) is 0 Å². The van der Waals surface area contributed by atoms with Gasteiger partial charge in [0.25, 0.3) is 10.0 Å². The number of anilines is 1. The molecule has 1 aliphatic rings. The van der Waals surface area contributed by atoms with Crippen LogP contribution in [0.1, 0.15) is 29.5 Å². The molecule has 1 heterocycles. The molecule has 0 aliphatic carbocycles. The van der Waals surface area contributed by atoms with Crippen molar-refractivity contribution in [2.45, 2.75) is 38.1 Å². The van der Waals surface area contributed by atoms with Gasteiger partial charge in [-0.15, -0.1) is 0 Å². The summed E-state index contributed by atoms with van der Waals surface area (Å²) in [5.41, 5.74) is 3.62. The van der Waals surface area contributed by atoms with Gasteiger partial charge in [-0.25, -0.2) is 8.42 Å². The number of carbonyl (C=O) groups excluding carboxylic acids is 1. The lowest BCUT2D eigenvalue weighted by Crippen LogP contribution is -2.30. The Balaban J connectivity index is 1.60. The molecular weight excluding hydrogens is 428 g/mol. The number of nitrogens with zero attached hydrogens (tertiary/aromatic N) is 2. The van der Waals surface area contributed by atoms with E-state index in [4.69, 9.17) is 4.74 Å². The molecular formula is C23H30N4O4S. The van der Waals surface area contributed by atoms with Gasteiger partial charge in [-0.1, -0.05) is 18.2 Å². The number of amidine groups is 1. The lowest BCUT2D eigenvalue weighted by atomic mass is 10.1. The van der Waals surface area contributed by atoms with Crippen molar-refractivity contribution in [1.29, 1.82) is 0 Å². The van der Waals surface area contributed by atoms with Crippen LogP contribution in [0, 0.1) is 13.8 Å². The smallest absolute Gasteiger partial charge is 0.262 e. The summed E-state index contributed by atoms with van der Waals surface area (Å²) in [5.74, 6) is 1.13. The highest BCUT2D eigenvalue weighted by atomic mass is 32.2. The lowest BCUT2D eigenvalue weighted by molar-refractivity contribution is -0.117. The van der Waals surface area contributed by atoms with Crippen molar-refractivity contribution in [1.82, 2.24) is 9.62 Å². The molecule has 8 nitrogen and oxygen atoms in total. The monoisotopic (exact) mass is 458 g/mol. The Morgan fingerprint density at radius 1 is 1.19 bits per heavy atom. The van der Waals surface area contributed by atoms with Gasteiger partial charge in [-0.2, -0.15) is 0 Å². The standard InChI is InChI=1S/C23H30N4O4S/c1-16-11-18(12-17(2)23(16)31-4)14-27(3)15-22(28)25-19-7-5-8-20(13-19)32(29,30)26-21-9-6-10-24-21/h5,7-8,11-13H,6,9-10,14-15H2,1-4H3,(H,24,26)(H,25,28). The minimum atomic E-state index is -3.73. The van der Waals surface area contributed by atoms with Crippen LogP contribution in [0.4, 0.5) is 5.69 Å². The highest BCUT2D eigenvalue weighted by molar-refractivity contribution is 7.90. The summed E-state index contributed by atoms with van der Waals surface area (Å²) in [4.78, 5) is 18.7. The second kappa shape index (κ2) is 10.1. The molecule has 0 aromatic heterocycles. The number of carbonyl (C=O) groups is 1. The predicted octanol–water partition coefficient (Wildman–Crippen LogP) is 2.85. The number of ether oxygens (including phenoxy) is 1. The first-order valence-electron chi connectivity index (χ1n) is 10.5. The fraction of sp³-hybridized carbons (Fsp3) is 0.391. The summed E-state index contributed by atoms with van der Waals surface area (Å²) < 4.78 is 33.1. The molecule has 0 spiro atoms. The zero-order valence-corrected chi connectivity index (χ0v) is 19.8. The molecule has 32 heavy (non-hydrogen) atoms. The van der Waals surface area contributed by atoms with E-state index in [1.54, 1.807) is 19.2 Å². The van der Waals surface area contributed by atoms with Crippen molar-refractivity contribution in [2.24, 2.45) is 4.99 Å². The molecule has 0 atom stereocenters. The molecule has 2 N–H and O–H groups in total. The fourth-order valence-electron chi connectivity index (χ4n) is 3.84. The number of nitrogens with one attached hydrogen (secondary N) is 2. The average molecular weight is 459 g/mol. The minimum absolute atomic E-state index is 0.0856. The minimum Gasteiger partial charge on any atom is -0.496 e. The summed E-state index contributed by atoms with van der Waals surface area (Å²) >= 11 is 0. The number of aryl methyl sites for hydroxylation is 2. The average Bonchev–Trinajstić information content (AvgIpc) is 3.20. The maximum atomic E-state index is 12.6. The Labute approximate surface area is 189 Å².